The van der Waals surface area contributed by atoms with E-state index in [0.717, 1.165) is 31.1 Å². The predicted octanol–water partition coefficient (Wildman–Crippen LogP) is 5.23. The highest BCUT2D eigenvalue weighted by Gasteiger charge is 2.63. The van der Waals surface area contributed by atoms with Crippen LogP contribution >= 0.6 is 0 Å². The van der Waals surface area contributed by atoms with Crippen LogP contribution in [0.1, 0.15) is 85.5 Å². The molecule has 4 aliphatic rings. The Hall–Kier alpha value is -0.370. The molecule has 4 rings (SSSR count). The maximum absolute atomic E-state index is 13.0. The SMILES string of the molecule is CC(=O)[C@]12CC[C@H]3[C@@H](CC[C@H]4C[C@H](O)CC[C@@]43C)[C@@H]1CC[C@@H]2C(C)C. The van der Waals surface area contributed by atoms with Gasteiger partial charge in [-0.05, 0) is 106 Å². The van der Waals surface area contributed by atoms with Crippen molar-refractivity contribution in [3.8, 4) is 0 Å². The maximum Gasteiger partial charge on any atom is 0.136 e. The number of aliphatic hydroxyl groups excluding tert-OH is 1. The normalized spacial score (nSPS) is 52.4. The van der Waals surface area contributed by atoms with Crippen LogP contribution in [0.2, 0.25) is 0 Å². The lowest BCUT2D eigenvalue weighted by Crippen LogP contribution is -2.56. The lowest BCUT2D eigenvalue weighted by atomic mass is 9.43. The second kappa shape index (κ2) is 6.08. The first-order valence-corrected chi connectivity index (χ1v) is 11.0. The van der Waals surface area contributed by atoms with E-state index in [-0.39, 0.29) is 11.5 Å². The van der Waals surface area contributed by atoms with E-state index in [4.69, 9.17) is 0 Å². The summed E-state index contributed by atoms with van der Waals surface area (Å²) in [7, 11) is 0. The van der Waals surface area contributed by atoms with Crippen molar-refractivity contribution in [3.05, 3.63) is 0 Å². The molecule has 0 aliphatic heterocycles. The summed E-state index contributed by atoms with van der Waals surface area (Å²) in [6.45, 7) is 9.11. The third-order valence-corrected chi connectivity index (χ3v) is 9.68. The summed E-state index contributed by atoms with van der Waals surface area (Å²) in [6, 6.07) is 0. The van der Waals surface area contributed by atoms with E-state index in [9.17, 15) is 9.90 Å². The summed E-state index contributed by atoms with van der Waals surface area (Å²) < 4.78 is 0. The van der Waals surface area contributed by atoms with E-state index in [1.165, 1.54) is 38.5 Å². The van der Waals surface area contributed by atoms with Crippen LogP contribution < -0.4 is 0 Å². The molecule has 4 fully saturated rings. The molecule has 0 radical (unpaired) electrons. The van der Waals surface area contributed by atoms with Gasteiger partial charge < -0.3 is 5.11 Å². The number of hydrogen-bond donors (Lipinski definition) is 1. The number of Topliss-reactive ketones (excluding diaryl/α,β-unsaturated/α-hetero) is 1. The van der Waals surface area contributed by atoms with Gasteiger partial charge >= 0.3 is 0 Å². The van der Waals surface area contributed by atoms with Crippen molar-refractivity contribution < 1.29 is 9.90 Å². The van der Waals surface area contributed by atoms with Crippen LogP contribution in [0.15, 0.2) is 0 Å². The molecule has 4 aliphatic carbocycles. The number of carbonyl (C=O) groups is 1. The molecule has 0 amide bonds. The van der Waals surface area contributed by atoms with Gasteiger partial charge in [0, 0.05) is 5.41 Å². The molecule has 0 aromatic carbocycles. The van der Waals surface area contributed by atoms with Crippen LogP contribution in [0, 0.1) is 46.3 Å². The standard InChI is InChI=1S/C23H38O2/c1-14(2)19-7-8-21-18-6-5-16-13-17(25)9-11-22(16,4)20(18)10-12-23(19,21)15(3)24/h14,16-21,25H,5-13H2,1-4H3/t16-,17+,18+,19+,20-,21-,22-,23-/m0/s1. The largest absolute Gasteiger partial charge is 0.393 e. The van der Waals surface area contributed by atoms with Crippen LogP contribution in [-0.2, 0) is 4.79 Å². The first kappa shape index (κ1) is 18.0. The van der Waals surface area contributed by atoms with Crippen molar-refractivity contribution in [2.75, 3.05) is 0 Å². The molecule has 2 heteroatoms. The fraction of sp³-hybridized carbons (Fsp3) is 0.957. The Morgan fingerprint density at radius 3 is 2.44 bits per heavy atom. The molecular formula is C23H38O2. The fourth-order valence-electron chi connectivity index (χ4n) is 8.58. The third-order valence-electron chi connectivity index (χ3n) is 9.68. The van der Waals surface area contributed by atoms with Crippen molar-refractivity contribution in [1.29, 1.82) is 0 Å². The molecule has 25 heavy (non-hydrogen) atoms. The summed E-state index contributed by atoms with van der Waals surface area (Å²) in [5, 5.41) is 10.2. The zero-order valence-corrected chi connectivity index (χ0v) is 16.8. The van der Waals surface area contributed by atoms with Crippen molar-refractivity contribution in [1.82, 2.24) is 0 Å². The monoisotopic (exact) mass is 346 g/mol. The molecular weight excluding hydrogens is 308 g/mol. The van der Waals surface area contributed by atoms with Crippen LogP contribution in [0.25, 0.3) is 0 Å². The topological polar surface area (TPSA) is 37.3 Å². The molecule has 4 saturated carbocycles. The Kier molecular flexibility index (Phi) is 4.38. The Bertz CT molecular complexity index is 540. The third kappa shape index (κ3) is 2.42. The number of aliphatic hydroxyl groups is 1. The second-order valence-corrected chi connectivity index (χ2v) is 10.6. The highest BCUT2D eigenvalue weighted by atomic mass is 16.3. The first-order chi connectivity index (χ1) is 11.8. The Balaban J connectivity index is 1.66. The first-order valence-electron chi connectivity index (χ1n) is 11.0. The minimum Gasteiger partial charge on any atom is -0.393 e. The predicted molar refractivity (Wildman–Crippen MR) is 101 cm³/mol. The summed E-state index contributed by atoms with van der Waals surface area (Å²) >= 11 is 0. The van der Waals surface area contributed by atoms with E-state index < -0.39 is 0 Å². The van der Waals surface area contributed by atoms with Crippen molar-refractivity contribution in [3.63, 3.8) is 0 Å². The molecule has 142 valence electrons. The van der Waals surface area contributed by atoms with E-state index >= 15 is 0 Å². The average Bonchev–Trinajstić information content (AvgIpc) is 2.96. The van der Waals surface area contributed by atoms with Gasteiger partial charge in [-0.25, -0.2) is 0 Å². The van der Waals surface area contributed by atoms with Crippen LogP contribution in [0.3, 0.4) is 0 Å². The van der Waals surface area contributed by atoms with E-state index in [1.54, 1.807) is 0 Å². The number of fused-ring (bicyclic) bond motifs is 5. The fourth-order valence-corrected chi connectivity index (χ4v) is 8.58. The Labute approximate surface area is 154 Å². The lowest BCUT2D eigenvalue weighted by Gasteiger charge is -2.61. The Morgan fingerprint density at radius 1 is 1.00 bits per heavy atom. The highest BCUT2D eigenvalue weighted by Crippen LogP contribution is 2.68. The van der Waals surface area contributed by atoms with Crippen LogP contribution in [-0.4, -0.2) is 17.0 Å². The van der Waals surface area contributed by atoms with Crippen molar-refractivity contribution >= 4 is 5.78 Å². The number of rotatable bonds is 2. The zero-order valence-electron chi connectivity index (χ0n) is 16.8. The molecule has 0 aromatic heterocycles. The van der Waals surface area contributed by atoms with Gasteiger partial charge in [0.15, 0.2) is 0 Å². The molecule has 2 nitrogen and oxygen atoms in total. The van der Waals surface area contributed by atoms with Crippen molar-refractivity contribution in [2.45, 2.75) is 91.6 Å². The molecule has 0 saturated heterocycles. The molecule has 1 N–H and O–H groups in total. The summed E-state index contributed by atoms with van der Waals surface area (Å²) in [4.78, 5) is 13.0. The Morgan fingerprint density at radius 2 is 1.76 bits per heavy atom. The van der Waals surface area contributed by atoms with Gasteiger partial charge in [-0.15, -0.1) is 0 Å². The highest BCUT2D eigenvalue weighted by molar-refractivity contribution is 5.83. The van der Waals surface area contributed by atoms with Gasteiger partial charge in [-0.1, -0.05) is 20.8 Å². The zero-order chi connectivity index (χ0) is 18.0. The maximum atomic E-state index is 13.0. The van der Waals surface area contributed by atoms with E-state index in [1.807, 2.05) is 6.92 Å². The van der Waals surface area contributed by atoms with Crippen LogP contribution in [0.5, 0.6) is 0 Å². The average molecular weight is 347 g/mol. The van der Waals surface area contributed by atoms with Gasteiger partial charge in [0.2, 0.25) is 0 Å². The van der Waals surface area contributed by atoms with Gasteiger partial charge in [0.1, 0.15) is 5.78 Å². The van der Waals surface area contributed by atoms with Gasteiger partial charge in [-0.2, -0.15) is 0 Å². The molecule has 0 bridgehead atoms. The molecule has 0 spiro atoms. The minimum absolute atomic E-state index is 0.00723. The van der Waals surface area contributed by atoms with Gasteiger partial charge in [-0.3, -0.25) is 4.79 Å². The smallest absolute Gasteiger partial charge is 0.136 e. The quantitative estimate of drug-likeness (QED) is 0.743. The van der Waals surface area contributed by atoms with Crippen molar-refractivity contribution in [2.24, 2.45) is 46.3 Å². The van der Waals surface area contributed by atoms with Crippen LogP contribution in [0.4, 0.5) is 0 Å². The summed E-state index contributed by atoms with van der Waals surface area (Å²) in [6.07, 6.45) is 10.7. The number of ketones is 1. The second-order valence-electron chi connectivity index (χ2n) is 10.6. The lowest BCUT2D eigenvalue weighted by molar-refractivity contribution is -0.155. The number of hydrogen-bond acceptors (Lipinski definition) is 2. The number of carbonyl (C=O) groups excluding carboxylic acids is 1. The minimum atomic E-state index is -0.0636. The van der Waals surface area contributed by atoms with Gasteiger partial charge in [0.25, 0.3) is 0 Å². The molecule has 0 unspecified atom stereocenters. The summed E-state index contributed by atoms with van der Waals surface area (Å²) in [5.41, 5.74) is 0.410. The van der Waals surface area contributed by atoms with E-state index in [0.29, 0.717) is 34.9 Å². The van der Waals surface area contributed by atoms with E-state index in [2.05, 4.69) is 20.8 Å². The molecule has 8 atom stereocenters. The summed E-state index contributed by atoms with van der Waals surface area (Å²) in [5.74, 6) is 4.64. The molecule has 0 aromatic rings. The molecule has 0 heterocycles. The van der Waals surface area contributed by atoms with Gasteiger partial charge in [0.05, 0.1) is 6.10 Å².